The normalized spacial score (nSPS) is 14.6. The molecule has 0 saturated carbocycles. The molecule has 0 amide bonds. The van der Waals surface area contributed by atoms with Crippen molar-refractivity contribution >= 4 is 41.1 Å². The summed E-state index contributed by atoms with van der Waals surface area (Å²) in [5, 5.41) is 0.893. The number of nitrogens with zero attached hydrogens (tertiary/aromatic N) is 1. The number of rotatable bonds is 5. The predicted octanol–water partition coefficient (Wildman–Crippen LogP) is 6.06. The summed E-state index contributed by atoms with van der Waals surface area (Å²) in [4.78, 5) is 16.4. The molecule has 0 N–H and O–H groups in total. The molecule has 4 nitrogen and oxygen atoms in total. The van der Waals surface area contributed by atoms with Gasteiger partial charge < -0.3 is 9.47 Å². The maximum Gasteiger partial charge on any atom is 0.363 e. The van der Waals surface area contributed by atoms with E-state index in [1.165, 1.54) is 6.07 Å². The number of hydrogen-bond acceptors (Lipinski definition) is 4. The highest BCUT2D eigenvalue weighted by Gasteiger charge is 2.24. The Morgan fingerprint density at radius 1 is 1.00 bits per heavy atom. The van der Waals surface area contributed by atoms with E-state index in [2.05, 4.69) is 4.99 Å². The molecule has 0 aromatic heterocycles. The van der Waals surface area contributed by atoms with Crippen molar-refractivity contribution in [3.05, 3.63) is 105 Å². The molecule has 7 heteroatoms. The summed E-state index contributed by atoms with van der Waals surface area (Å²) in [5.74, 6) is -0.187. The molecular weight excluding hydrogens is 428 g/mol. The molecule has 4 rings (SSSR count). The summed E-state index contributed by atoms with van der Waals surface area (Å²) in [6, 6.07) is 18.3. The van der Waals surface area contributed by atoms with E-state index in [4.69, 9.17) is 32.7 Å². The van der Waals surface area contributed by atoms with Gasteiger partial charge in [-0.3, -0.25) is 0 Å². The Hall–Kier alpha value is -3.15. The Morgan fingerprint density at radius 2 is 1.73 bits per heavy atom. The number of ether oxygens (including phenoxy) is 2. The van der Waals surface area contributed by atoms with Crippen molar-refractivity contribution in [2.24, 2.45) is 4.99 Å². The van der Waals surface area contributed by atoms with E-state index < -0.39 is 11.8 Å². The van der Waals surface area contributed by atoms with E-state index in [1.807, 2.05) is 0 Å². The van der Waals surface area contributed by atoms with Gasteiger partial charge in [0.25, 0.3) is 0 Å². The highest BCUT2D eigenvalue weighted by Crippen LogP contribution is 2.24. The average molecular weight is 442 g/mol. The average Bonchev–Trinajstić information content (AvgIpc) is 3.09. The molecule has 0 bridgehead atoms. The van der Waals surface area contributed by atoms with Crippen LogP contribution in [0.1, 0.15) is 16.7 Å². The van der Waals surface area contributed by atoms with Gasteiger partial charge in [0.1, 0.15) is 18.2 Å². The monoisotopic (exact) mass is 441 g/mol. The van der Waals surface area contributed by atoms with Crippen molar-refractivity contribution in [1.82, 2.24) is 0 Å². The summed E-state index contributed by atoms with van der Waals surface area (Å²) in [6.45, 7) is 0.00696. The lowest BCUT2D eigenvalue weighted by atomic mass is 10.2. The van der Waals surface area contributed by atoms with Crippen molar-refractivity contribution in [2.75, 3.05) is 0 Å². The Labute approximate surface area is 182 Å². The number of cyclic esters (lactones) is 1. The van der Waals surface area contributed by atoms with Crippen molar-refractivity contribution in [3.63, 3.8) is 0 Å². The highest BCUT2D eigenvalue weighted by molar-refractivity contribution is 6.31. The first-order chi connectivity index (χ1) is 14.5. The number of hydrogen-bond donors (Lipinski definition) is 0. The molecule has 1 aliphatic rings. The SMILES string of the molecule is O=C1OC(c2ccc(Cl)cc2)=N/C1=C/c1ccc(OCc2c(F)cccc2Cl)cc1. The predicted molar refractivity (Wildman–Crippen MR) is 114 cm³/mol. The van der Waals surface area contributed by atoms with Gasteiger partial charge in [0.05, 0.1) is 5.02 Å². The fourth-order valence-corrected chi connectivity index (χ4v) is 3.11. The third kappa shape index (κ3) is 4.53. The van der Waals surface area contributed by atoms with Gasteiger partial charge in [-0.25, -0.2) is 14.2 Å². The van der Waals surface area contributed by atoms with Gasteiger partial charge in [-0.15, -0.1) is 0 Å². The Bertz CT molecular complexity index is 1140. The zero-order valence-corrected chi connectivity index (χ0v) is 17.0. The van der Waals surface area contributed by atoms with Crippen LogP contribution < -0.4 is 4.74 Å². The number of carbonyl (C=O) groups excluding carboxylic acids is 1. The summed E-state index contributed by atoms with van der Waals surface area (Å²) < 4.78 is 24.7. The largest absolute Gasteiger partial charge is 0.489 e. The van der Waals surface area contributed by atoms with E-state index in [9.17, 15) is 9.18 Å². The molecular formula is C23H14Cl2FNO3. The molecule has 0 radical (unpaired) electrons. The van der Waals surface area contributed by atoms with Crippen molar-refractivity contribution < 1.29 is 18.7 Å². The quantitative estimate of drug-likeness (QED) is 0.357. The first-order valence-electron chi connectivity index (χ1n) is 8.94. The number of benzene rings is 3. The van der Waals surface area contributed by atoms with Crippen molar-refractivity contribution in [3.8, 4) is 5.75 Å². The van der Waals surface area contributed by atoms with Gasteiger partial charge in [-0.2, -0.15) is 0 Å². The molecule has 30 heavy (non-hydrogen) atoms. The lowest BCUT2D eigenvalue weighted by Gasteiger charge is -2.09. The van der Waals surface area contributed by atoms with Crippen LogP contribution in [-0.4, -0.2) is 11.9 Å². The molecule has 0 atom stereocenters. The second-order valence-electron chi connectivity index (χ2n) is 6.40. The maximum absolute atomic E-state index is 13.8. The fraction of sp³-hybridized carbons (Fsp3) is 0.0435. The molecule has 1 heterocycles. The van der Waals surface area contributed by atoms with E-state index in [1.54, 1.807) is 66.7 Å². The third-order valence-corrected chi connectivity index (χ3v) is 4.95. The lowest BCUT2D eigenvalue weighted by Crippen LogP contribution is -2.05. The van der Waals surface area contributed by atoms with Crippen LogP contribution in [0, 0.1) is 5.82 Å². The second kappa shape index (κ2) is 8.69. The third-order valence-electron chi connectivity index (χ3n) is 4.34. The first-order valence-corrected chi connectivity index (χ1v) is 9.69. The van der Waals surface area contributed by atoms with Gasteiger partial charge in [-0.1, -0.05) is 41.4 Å². The minimum atomic E-state index is -0.533. The van der Waals surface area contributed by atoms with Crippen LogP contribution in [0.15, 0.2) is 77.4 Å². The highest BCUT2D eigenvalue weighted by atomic mass is 35.5. The standard InChI is InChI=1S/C23H14Cl2FNO3/c24-16-8-6-15(7-9-16)22-27-21(23(28)30-22)12-14-4-10-17(11-5-14)29-13-18-19(25)2-1-3-20(18)26/h1-12H,13H2/b21-12+. The van der Waals surface area contributed by atoms with Crippen molar-refractivity contribution in [1.29, 1.82) is 0 Å². The van der Waals surface area contributed by atoms with Crippen LogP contribution in [0.3, 0.4) is 0 Å². The van der Waals surface area contributed by atoms with E-state index in [0.29, 0.717) is 26.9 Å². The van der Waals surface area contributed by atoms with Crippen LogP contribution in [0.5, 0.6) is 5.75 Å². The van der Waals surface area contributed by atoms with Gasteiger partial charge >= 0.3 is 5.97 Å². The Morgan fingerprint density at radius 3 is 2.43 bits per heavy atom. The van der Waals surface area contributed by atoms with E-state index in [0.717, 1.165) is 5.56 Å². The number of aliphatic imine (C=N–C) groups is 1. The van der Waals surface area contributed by atoms with Gasteiger partial charge in [0.2, 0.25) is 5.90 Å². The first kappa shape index (κ1) is 20.1. The molecule has 0 saturated heterocycles. The zero-order valence-electron chi connectivity index (χ0n) is 15.4. The summed E-state index contributed by atoms with van der Waals surface area (Å²) >= 11 is 11.9. The number of carbonyl (C=O) groups is 1. The molecule has 150 valence electrons. The molecule has 0 aliphatic carbocycles. The van der Waals surface area contributed by atoms with Crippen LogP contribution >= 0.6 is 23.2 Å². The Kier molecular flexibility index (Phi) is 5.84. The van der Waals surface area contributed by atoms with Gasteiger partial charge in [-0.05, 0) is 60.2 Å². The minimum absolute atomic E-state index is 0.00696. The molecule has 3 aromatic rings. The van der Waals surface area contributed by atoms with Crippen LogP contribution in [0.25, 0.3) is 6.08 Å². The smallest absolute Gasteiger partial charge is 0.363 e. The van der Waals surface area contributed by atoms with Gasteiger partial charge in [0.15, 0.2) is 5.70 Å². The number of halogens is 3. The topological polar surface area (TPSA) is 47.9 Å². The maximum atomic E-state index is 13.8. The lowest BCUT2D eigenvalue weighted by molar-refractivity contribution is -0.129. The summed E-state index contributed by atoms with van der Waals surface area (Å²) in [7, 11) is 0. The van der Waals surface area contributed by atoms with E-state index >= 15 is 0 Å². The summed E-state index contributed by atoms with van der Waals surface area (Å²) in [6.07, 6.45) is 1.61. The van der Waals surface area contributed by atoms with Crippen LogP contribution in [-0.2, 0) is 16.1 Å². The number of esters is 1. The molecule has 3 aromatic carbocycles. The van der Waals surface area contributed by atoms with E-state index in [-0.39, 0.29) is 18.2 Å². The zero-order chi connectivity index (χ0) is 21.1. The van der Waals surface area contributed by atoms with Gasteiger partial charge in [0, 0.05) is 16.1 Å². The molecule has 0 spiro atoms. The fourth-order valence-electron chi connectivity index (χ4n) is 2.77. The molecule has 1 aliphatic heterocycles. The van der Waals surface area contributed by atoms with Crippen molar-refractivity contribution in [2.45, 2.75) is 6.61 Å². The van der Waals surface area contributed by atoms with Crippen LogP contribution in [0.4, 0.5) is 4.39 Å². The van der Waals surface area contributed by atoms with Crippen LogP contribution in [0.2, 0.25) is 10.0 Å². The Balaban J connectivity index is 1.47. The molecule has 0 fully saturated rings. The second-order valence-corrected chi connectivity index (χ2v) is 7.24. The molecule has 0 unspecified atom stereocenters. The summed E-state index contributed by atoms with van der Waals surface area (Å²) in [5.41, 5.74) is 1.88. The minimum Gasteiger partial charge on any atom is -0.489 e.